The van der Waals surface area contributed by atoms with Crippen LogP contribution in [0.2, 0.25) is 0 Å². The van der Waals surface area contributed by atoms with E-state index in [1.807, 2.05) is 13.8 Å². The first kappa shape index (κ1) is 15.1. The second-order valence-corrected chi connectivity index (χ2v) is 4.26. The maximum absolute atomic E-state index is 11.4. The molecule has 0 saturated carbocycles. The topological polar surface area (TPSA) is 78.7 Å². The lowest BCUT2D eigenvalue weighted by Gasteiger charge is -2.11. The van der Waals surface area contributed by atoms with Gasteiger partial charge in [0.15, 0.2) is 5.78 Å². The summed E-state index contributed by atoms with van der Waals surface area (Å²) in [5.74, 6) is 0.0638. The third kappa shape index (κ3) is 4.67. The monoisotopic (exact) mass is 267 g/mol. The molecule has 0 bridgehead atoms. The molecule has 0 saturated heterocycles. The van der Waals surface area contributed by atoms with Crippen molar-refractivity contribution >= 4 is 11.5 Å². The Morgan fingerprint density at radius 1 is 1.37 bits per heavy atom. The van der Waals surface area contributed by atoms with Gasteiger partial charge < -0.3 is 9.47 Å². The minimum atomic E-state index is -0.544. The summed E-state index contributed by atoms with van der Waals surface area (Å²) >= 11 is 0. The lowest BCUT2D eigenvalue weighted by Crippen LogP contribution is -2.12. The molecule has 1 aromatic carbocycles. The first-order chi connectivity index (χ1) is 8.91. The van der Waals surface area contributed by atoms with Crippen LogP contribution in [0.5, 0.6) is 5.75 Å². The van der Waals surface area contributed by atoms with Gasteiger partial charge in [-0.2, -0.15) is 0 Å². The average molecular weight is 267 g/mol. The molecule has 0 aliphatic heterocycles. The van der Waals surface area contributed by atoms with E-state index in [4.69, 9.17) is 9.47 Å². The van der Waals surface area contributed by atoms with Crippen molar-refractivity contribution in [2.45, 2.75) is 26.9 Å². The molecule has 104 valence electrons. The fourth-order valence-electron chi connectivity index (χ4n) is 1.47. The van der Waals surface area contributed by atoms with Gasteiger partial charge >= 0.3 is 0 Å². The molecular weight excluding hydrogens is 250 g/mol. The minimum Gasteiger partial charge on any atom is -0.490 e. The third-order valence-electron chi connectivity index (χ3n) is 2.35. The Morgan fingerprint density at radius 2 is 2.05 bits per heavy atom. The van der Waals surface area contributed by atoms with Gasteiger partial charge in [0.05, 0.1) is 23.2 Å². The second kappa shape index (κ2) is 6.84. The van der Waals surface area contributed by atoms with Crippen LogP contribution < -0.4 is 4.74 Å². The number of nitrogens with zero attached hydrogens (tertiary/aromatic N) is 1. The molecule has 0 unspecified atom stereocenters. The van der Waals surface area contributed by atoms with Crippen molar-refractivity contribution in [3.8, 4) is 5.75 Å². The van der Waals surface area contributed by atoms with Crippen molar-refractivity contribution in [1.82, 2.24) is 0 Å². The van der Waals surface area contributed by atoms with Crippen molar-refractivity contribution in [2.24, 2.45) is 0 Å². The van der Waals surface area contributed by atoms with Gasteiger partial charge in [-0.15, -0.1) is 0 Å². The molecule has 0 amide bonds. The summed E-state index contributed by atoms with van der Waals surface area (Å²) < 4.78 is 10.7. The summed E-state index contributed by atoms with van der Waals surface area (Å²) in [4.78, 5) is 21.6. The SMILES string of the molecule is CC(=O)c1cc([N+](=O)[O-])ccc1OCCOC(C)C. The third-order valence-corrected chi connectivity index (χ3v) is 2.35. The van der Waals surface area contributed by atoms with E-state index in [1.54, 1.807) is 0 Å². The van der Waals surface area contributed by atoms with Crippen LogP contribution in [-0.2, 0) is 4.74 Å². The van der Waals surface area contributed by atoms with E-state index in [1.165, 1.54) is 25.1 Å². The Balaban J connectivity index is 2.77. The lowest BCUT2D eigenvalue weighted by molar-refractivity contribution is -0.384. The normalized spacial score (nSPS) is 10.5. The second-order valence-electron chi connectivity index (χ2n) is 4.26. The Labute approximate surface area is 111 Å². The highest BCUT2D eigenvalue weighted by Gasteiger charge is 2.14. The number of rotatable bonds is 7. The first-order valence-corrected chi connectivity index (χ1v) is 5.95. The minimum absolute atomic E-state index is 0.104. The van der Waals surface area contributed by atoms with Crippen LogP contribution in [0.25, 0.3) is 0 Å². The maximum atomic E-state index is 11.4. The van der Waals surface area contributed by atoms with Crippen molar-refractivity contribution in [2.75, 3.05) is 13.2 Å². The molecule has 0 radical (unpaired) electrons. The number of benzene rings is 1. The molecule has 0 heterocycles. The summed E-state index contributed by atoms with van der Waals surface area (Å²) in [6.45, 7) is 5.85. The van der Waals surface area contributed by atoms with Crippen LogP contribution >= 0.6 is 0 Å². The van der Waals surface area contributed by atoms with Gasteiger partial charge in [0.1, 0.15) is 12.4 Å². The fourth-order valence-corrected chi connectivity index (χ4v) is 1.47. The van der Waals surface area contributed by atoms with Gasteiger partial charge in [0, 0.05) is 12.1 Å². The summed E-state index contributed by atoms with van der Waals surface area (Å²) in [6.07, 6.45) is 0.104. The highest BCUT2D eigenvalue weighted by Crippen LogP contribution is 2.24. The van der Waals surface area contributed by atoms with Gasteiger partial charge in [0.2, 0.25) is 0 Å². The predicted octanol–water partition coefficient (Wildman–Crippen LogP) is 2.60. The zero-order valence-electron chi connectivity index (χ0n) is 11.2. The van der Waals surface area contributed by atoms with E-state index in [9.17, 15) is 14.9 Å². The van der Waals surface area contributed by atoms with E-state index in [2.05, 4.69) is 0 Å². The van der Waals surface area contributed by atoms with E-state index >= 15 is 0 Å². The molecule has 6 heteroatoms. The van der Waals surface area contributed by atoms with E-state index < -0.39 is 4.92 Å². The molecule has 19 heavy (non-hydrogen) atoms. The van der Waals surface area contributed by atoms with E-state index in [-0.39, 0.29) is 29.7 Å². The van der Waals surface area contributed by atoms with Crippen LogP contribution in [0, 0.1) is 10.1 Å². The molecule has 0 aliphatic carbocycles. The van der Waals surface area contributed by atoms with Gasteiger partial charge in [-0.25, -0.2) is 0 Å². The number of nitro benzene ring substituents is 1. The van der Waals surface area contributed by atoms with E-state index in [0.29, 0.717) is 12.4 Å². The number of hydrogen-bond acceptors (Lipinski definition) is 5. The van der Waals surface area contributed by atoms with Crippen molar-refractivity contribution in [1.29, 1.82) is 0 Å². The molecule has 0 N–H and O–H groups in total. The van der Waals surface area contributed by atoms with Crippen LogP contribution in [-0.4, -0.2) is 30.0 Å². The molecule has 0 fully saturated rings. The van der Waals surface area contributed by atoms with Crippen molar-refractivity contribution < 1.29 is 19.2 Å². The maximum Gasteiger partial charge on any atom is 0.270 e. The first-order valence-electron chi connectivity index (χ1n) is 5.95. The fraction of sp³-hybridized carbons (Fsp3) is 0.462. The molecule has 0 aromatic heterocycles. The number of carbonyl (C=O) groups is 1. The summed E-state index contributed by atoms with van der Waals surface area (Å²) in [6, 6.07) is 3.97. The standard InChI is InChI=1S/C13H17NO5/c1-9(2)18-6-7-19-13-5-4-11(14(16)17)8-12(13)10(3)15/h4-5,8-9H,6-7H2,1-3H3. The molecular formula is C13H17NO5. The van der Waals surface area contributed by atoms with Crippen LogP contribution in [0.3, 0.4) is 0 Å². The Kier molecular flexibility index (Phi) is 5.44. The van der Waals surface area contributed by atoms with E-state index in [0.717, 1.165) is 0 Å². The number of Topliss-reactive ketones (excluding diaryl/α,β-unsaturated/α-hetero) is 1. The smallest absolute Gasteiger partial charge is 0.270 e. The summed E-state index contributed by atoms with van der Waals surface area (Å²) in [5.41, 5.74) is 0.0785. The number of ketones is 1. The average Bonchev–Trinajstić information content (AvgIpc) is 2.34. The molecule has 0 aliphatic rings. The predicted molar refractivity (Wildman–Crippen MR) is 69.7 cm³/mol. The van der Waals surface area contributed by atoms with Crippen molar-refractivity contribution in [3.63, 3.8) is 0 Å². The molecule has 1 rings (SSSR count). The zero-order valence-corrected chi connectivity index (χ0v) is 11.2. The van der Waals surface area contributed by atoms with Crippen LogP contribution in [0.4, 0.5) is 5.69 Å². The van der Waals surface area contributed by atoms with Crippen LogP contribution in [0.15, 0.2) is 18.2 Å². The Morgan fingerprint density at radius 3 is 2.58 bits per heavy atom. The number of hydrogen-bond donors (Lipinski definition) is 0. The molecule has 0 atom stereocenters. The van der Waals surface area contributed by atoms with Gasteiger partial charge in [-0.1, -0.05) is 0 Å². The zero-order chi connectivity index (χ0) is 14.4. The largest absolute Gasteiger partial charge is 0.490 e. The Hall–Kier alpha value is -1.95. The number of nitro groups is 1. The van der Waals surface area contributed by atoms with Gasteiger partial charge in [-0.3, -0.25) is 14.9 Å². The molecule has 1 aromatic rings. The summed E-state index contributed by atoms with van der Waals surface area (Å²) in [5, 5.41) is 10.7. The summed E-state index contributed by atoms with van der Waals surface area (Å²) in [7, 11) is 0. The van der Waals surface area contributed by atoms with Gasteiger partial charge in [-0.05, 0) is 26.8 Å². The molecule has 0 spiro atoms. The van der Waals surface area contributed by atoms with Crippen molar-refractivity contribution in [3.05, 3.63) is 33.9 Å². The number of carbonyl (C=O) groups excluding carboxylic acids is 1. The quantitative estimate of drug-likeness (QED) is 0.328. The highest BCUT2D eigenvalue weighted by molar-refractivity contribution is 5.97. The van der Waals surface area contributed by atoms with Gasteiger partial charge in [0.25, 0.3) is 5.69 Å². The lowest BCUT2D eigenvalue weighted by atomic mass is 10.1. The Bertz CT molecular complexity index is 470. The number of ether oxygens (including phenoxy) is 2. The molecule has 6 nitrogen and oxygen atoms in total. The number of non-ortho nitro benzene ring substituents is 1. The highest BCUT2D eigenvalue weighted by atomic mass is 16.6. The van der Waals surface area contributed by atoms with Crippen LogP contribution in [0.1, 0.15) is 31.1 Å².